The molecule has 3 aromatic rings. The summed E-state index contributed by atoms with van der Waals surface area (Å²) in [7, 11) is -1.48. The predicted molar refractivity (Wildman–Crippen MR) is 119 cm³/mol. The van der Waals surface area contributed by atoms with Crippen molar-refractivity contribution in [1.29, 1.82) is 0 Å². The summed E-state index contributed by atoms with van der Waals surface area (Å²) in [5.74, 6) is 0.251. The van der Waals surface area contributed by atoms with Gasteiger partial charge in [-0.3, -0.25) is 0 Å². The molecule has 0 radical (unpaired) electrons. The second-order valence-electron chi connectivity index (χ2n) is 7.91. The molecule has 0 amide bonds. The Kier molecular flexibility index (Phi) is 3.73. The Bertz CT molecular complexity index is 1200. The summed E-state index contributed by atoms with van der Waals surface area (Å²) < 4.78 is 0. The van der Waals surface area contributed by atoms with Crippen LogP contribution in [0.1, 0.15) is 16.7 Å². The molecule has 0 saturated carbocycles. The fourth-order valence-electron chi connectivity index (χ4n) is 5.45. The molecule has 1 spiro atoms. The van der Waals surface area contributed by atoms with E-state index in [1.54, 1.807) is 0 Å². The van der Waals surface area contributed by atoms with E-state index in [9.17, 15) is 10.0 Å². The van der Waals surface area contributed by atoms with Gasteiger partial charge in [0.05, 0.1) is 5.41 Å². The Balaban J connectivity index is 1.77. The molecular weight excluding hydrogens is 375 g/mol. The first-order valence-electron chi connectivity index (χ1n) is 9.93. The van der Waals surface area contributed by atoms with Gasteiger partial charge in [-0.2, -0.15) is 0 Å². The molecule has 2 nitrogen and oxygen atoms in total. The van der Waals surface area contributed by atoms with Crippen LogP contribution in [-0.4, -0.2) is 22.4 Å². The van der Waals surface area contributed by atoms with Crippen LogP contribution in [0.4, 0.5) is 0 Å². The monoisotopic (exact) mass is 394 g/mol. The molecule has 29 heavy (non-hydrogen) atoms. The Labute approximate surface area is 174 Å². The van der Waals surface area contributed by atoms with Crippen LogP contribution in [0.15, 0.2) is 95.9 Å². The molecule has 2 N–H and O–H groups in total. The van der Waals surface area contributed by atoms with E-state index >= 15 is 0 Å². The van der Waals surface area contributed by atoms with Crippen LogP contribution in [0.5, 0.6) is 0 Å². The molecular formula is C25H19BO2S. The maximum absolute atomic E-state index is 9.91. The van der Waals surface area contributed by atoms with Crippen LogP contribution < -0.4 is 5.46 Å². The zero-order chi connectivity index (χ0) is 19.6. The number of hydrogen-bond donors (Lipinski definition) is 2. The highest BCUT2D eigenvalue weighted by molar-refractivity contribution is 8.00. The van der Waals surface area contributed by atoms with Gasteiger partial charge in [0.2, 0.25) is 0 Å². The predicted octanol–water partition coefficient (Wildman–Crippen LogP) is 3.90. The van der Waals surface area contributed by atoms with Crippen molar-refractivity contribution in [3.63, 3.8) is 0 Å². The maximum Gasteiger partial charge on any atom is 0.488 e. The molecule has 0 saturated heterocycles. The molecule has 3 atom stereocenters. The number of rotatable bonds is 1. The van der Waals surface area contributed by atoms with Gasteiger partial charge in [-0.25, -0.2) is 0 Å². The first-order valence-corrected chi connectivity index (χ1v) is 10.8. The molecule has 3 aliphatic rings. The largest absolute Gasteiger partial charge is 0.488 e. The van der Waals surface area contributed by atoms with Gasteiger partial charge in [-0.15, -0.1) is 11.8 Å². The molecule has 4 heteroatoms. The first-order chi connectivity index (χ1) is 14.2. The Hall–Kier alpha value is -2.53. The number of hydrogen-bond acceptors (Lipinski definition) is 3. The van der Waals surface area contributed by atoms with Crippen molar-refractivity contribution in [2.45, 2.75) is 15.6 Å². The van der Waals surface area contributed by atoms with Crippen LogP contribution in [0, 0.1) is 5.92 Å². The van der Waals surface area contributed by atoms with E-state index < -0.39 is 7.12 Å². The lowest BCUT2D eigenvalue weighted by Crippen LogP contribution is -2.44. The van der Waals surface area contributed by atoms with Gasteiger partial charge in [0.15, 0.2) is 0 Å². The van der Waals surface area contributed by atoms with E-state index in [-0.39, 0.29) is 11.3 Å². The average Bonchev–Trinajstić information content (AvgIpc) is 3.05. The van der Waals surface area contributed by atoms with Gasteiger partial charge >= 0.3 is 7.12 Å². The van der Waals surface area contributed by atoms with E-state index in [0.717, 1.165) is 0 Å². The van der Waals surface area contributed by atoms with E-state index in [1.807, 2.05) is 23.9 Å². The second kappa shape index (κ2) is 6.23. The Morgan fingerprint density at radius 1 is 0.759 bits per heavy atom. The summed E-state index contributed by atoms with van der Waals surface area (Å²) >= 11 is 1.92. The number of allylic oxidation sites excluding steroid dienone is 3. The fraction of sp³-hybridized carbons (Fsp3) is 0.120. The van der Waals surface area contributed by atoms with Gasteiger partial charge in [0.1, 0.15) is 0 Å². The van der Waals surface area contributed by atoms with Gasteiger partial charge < -0.3 is 10.0 Å². The van der Waals surface area contributed by atoms with Crippen LogP contribution >= 0.6 is 11.8 Å². The van der Waals surface area contributed by atoms with Gasteiger partial charge in [-0.1, -0.05) is 85.0 Å². The summed E-state index contributed by atoms with van der Waals surface area (Å²) in [6.07, 6.45) is 8.94. The molecule has 1 heterocycles. The smallest absolute Gasteiger partial charge is 0.423 e. The van der Waals surface area contributed by atoms with Crippen molar-refractivity contribution in [1.82, 2.24) is 0 Å². The van der Waals surface area contributed by atoms with Crippen LogP contribution in [0.25, 0.3) is 11.1 Å². The summed E-state index contributed by atoms with van der Waals surface area (Å²) in [6, 6.07) is 23.2. The van der Waals surface area contributed by atoms with Crippen LogP contribution in [0.3, 0.4) is 0 Å². The third kappa shape index (κ3) is 2.22. The normalized spacial score (nSPS) is 25.3. The fourth-order valence-corrected chi connectivity index (χ4v) is 6.87. The molecule has 3 unspecified atom stereocenters. The SMILES string of the molecule is OB(O)c1ccc2c(c1)C1(c3ccccc3SC3C=CC=CC31)c1ccccc1-2. The first kappa shape index (κ1) is 17.3. The van der Waals surface area contributed by atoms with Gasteiger partial charge in [-0.05, 0) is 39.3 Å². The van der Waals surface area contributed by atoms with Crippen molar-refractivity contribution in [3.8, 4) is 11.1 Å². The summed E-state index contributed by atoms with van der Waals surface area (Å²) in [4.78, 5) is 1.30. The number of benzene rings is 3. The van der Waals surface area contributed by atoms with Crippen LogP contribution in [-0.2, 0) is 5.41 Å². The third-order valence-electron chi connectivity index (χ3n) is 6.57. The standard InChI is InChI=1S/C25H19BO2S/c27-26(28)16-13-14-18-17-7-1-2-8-19(17)25(22(18)15-16)20-9-3-5-11-23(20)29-24-12-6-4-10-21(24)25/h1-15,20,23,27-28H. The summed E-state index contributed by atoms with van der Waals surface area (Å²) in [5.41, 5.74) is 6.41. The highest BCUT2D eigenvalue weighted by Gasteiger charge is 2.54. The number of thioether (sulfide) groups is 1. The van der Waals surface area contributed by atoms with Crippen molar-refractivity contribution in [3.05, 3.63) is 108 Å². The molecule has 3 aromatic carbocycles. The zero-order valence-corrected chi connectivity index (χ0v) is 16.5. The highest BCUT2D eigenvalue weighted by atomic mass is 32.2. The van der Waals surface area contributed by atoms with E-state index in [4.69, 9.17) is 0 Å². The minimum absolute atomic E-state index is 0.251. The van der Waals surface area contributed by atoms with Crippen molar-refractivity contribution < 1.29 is 10.0 Å². The van der Waals surface area contributed by atoms with Gasteiger partial charge in [0.25, 0.3) is 0 Å². The van der Waals surface area contributed by atoms with Crippen molar-refractivity contribution in [2.75, 3.05) is 0 Å². The zero-order valence-electron chi connectivity index (χ0n) is 15.7. The lowest BCUT2D eigenvalue weighted by molar-refractivity contribution is 0.425. The molecule has 0 aromatic heterocycles. The molecule has 0 bridgehead atoms. The quantitative estimate of drug-likeness (QED) is 0.616. The molecule has 140 valence electrons. The lowest BCUT2D eigenvalue weighted by Gasteiger charge is -2.47. The second-order valence-corrected chi connectivity index (χ2v) is 9.13. The third-order valence-corrected chi connectivity index (χ3v) is 7.90. The molecule has 0 fully saturated rings. The Morgan fingerprint density at radius 2 is 1.48 bits per heavy atom. The van der Waals surface area contributed by atoms with E-state index in [1.165, 1.54) is 32.7 Å². The molecule has 1 aliphatic heterocycles. The lowest BCUT2D eigenvalue weighted by atomic mass is 9.61. The minimum Gasteiger partial charge on any atom is -0.423 e. The average molecular weight is 394 g/mol. The summed E-state index contributed by atoms with van der Waals surface area (Å²) in [6.45, 7) is 0. The van der Waals surface area contributed by atoms with E-state index in [0.29, 0.717) is 10.7 Å². The molecule has 2 aliphatic carbocycles. The van der Waals surface area contributed by atoms with Crippen molar-refractivity contribution in [2.24, 2.45) is 5.92 Å². The highest BCUT2D eigenvalue weighted by Crippen LogP contribution is 2.63. The number of fused-ring (bicyclic) bond motifs is 9. The summed E-state index contributed by atoms with van der Waals surface area (Å²) in [5, 5.41) is 20.2. The topological polar surface area (TPSA) is 40.5 Å². The van der Waals surface area contributed by atoms with Crippen LogP contribution in [0.2, 0.25) is 0 Å². The minimum atomic E-state index is -1.48. The van der Waals surface area contributed by atoms with E-state index in [2.05, 4.69) is 78.9 Å². The Morgan fingerprint density at radius 3 is 2.34 bits per heavy atom. The maximum atomic E-state index is 9.91. The van der Waals surface area contributed by atoms with Gasteiger partial charge in [0, 0.05) is 16.1 Å². The van der Waals surface area contributed by atoms with Crippen molar-refractivity contribution >= 4 is 24.3 Å². The molecule has 6 rings (SSSR count).